The van der Waals surface area contributed by atoms with Crippen LogP contribution in [-0.2, 0) is 26.7 Å². The number of imidazole rings is 1. The summed E-state index contributed by atoms with van der Waals surface area (Å²) in [7, 11) is -1.99. The summed E-state index contributed by atoms with van der Waals surface area (Å²) in [5.41, 5.74) is 0.480. The molecule has 0 radical (unpaired) electrons. The Morgan fingerprint density at radius 3 is 2.48 bits per heavy atom. The zero-order chi connectivity index (χ0) is 18.4. The molecule has 2 amide bonds. The number of carbonyl (C=O) groups is 2. The van der Waals surface area contributed by atoms with Crippen LogP contribution in [0.4, 0.5) is 5.69 Å². The van der Waals surface area contributed by atoms with Gasteiger partial charge in [-0.25, -0.2) is 18.1 Å². The first-order valence-corrected chi connectivity index (χ1v) is 9.78. The van der Waals surface area contributed by atoms with Crippen LogP contribution in [0.2, 0.25) is 0 Å². The van der Waals surface area contributed by atoms with Gasteiger partial charge in [0.1, 0.15) is 0 Å². The smallest absolute Gasteiger partial charge is 0.264 e. The number of aryl methyl sites for hydroxylation is 1. The summed E-state index contributed by atoms with van der Waals surface area (Å²) < 4.78 is 27.4. The molecule has 10 heteroatoms. The van der Waals surface area contributed by atoms with Crippen LogP contribution in [0.5, 0.6) is 0 Å². The van der Waals surface area contributed by atoms with E-state index in [-0.39, 0.29) is 10.8 Å². The number of nitrogens with zero attached hydrogens (tertiary/aromatic N) is 2. The summed E-state index contributed by atoms with van der Waals surface area (Å²) in [4.78, 5) is 26.9. The molecule has 1 heterocycles. The molecule has 0 aliphatic carbocycles. The number of carbonyl (C=O) groups excluding carboxylic acids is 2. The zero-order valence-corrected chi connectivity index (χ0v) is 15.4. The van der Waals surface area contributed by atoms with Crippen molar-refractivity contribution in [1.29, 1.82) is 0 Å². The molecule has 134 valence electrons. The minimum atomic E-state index is -3.87. The standard InChI is InChI=1S/C15H18N4O4S2/c1-11(20)18-25(22,23)13-5-3-12(4-6-13)17-14(21)7-10-24-15-16-8-9-19(15)2/h3-6,8-9H,7,10H2,1-2H3,(H,17,21)(H,18,20). The second-order valence-electron chi connectivity index (χ2n) is 5.15. The molecule has 0 spiro atoms. The largest absolute Gasteiger partial charge is 0.329 e. The Balaban J connectivity index is 1.87. The van der Waals surface area contributed by atoms with Crippen molar-refractivity contribution in [3.8, 4) is 0 Å². The van der Waals surface area contributed by atoms with Gasteiger partial charge >= 0.3 is 0 Å². The molecule has 0 aliphatic heterocycles. The van der Waals surface area contributed by atoms with Gasteiger partial charge in [-0.15, -0.1) is 0 Å². The molecular weight excluding hydrogens is 364 g/mol. The van der Waals surface area contributed by atoms with E-state index in [1.165, 1.54) is 36.0 Å². The van der Waals surface area contributed by atoms with E-state index in [9.17, 15) is 18.0 Å². The number of amides is 2. The Morgan fingerprint density at radius 2 is 1.92 bits per heavy atom. The zero-order valence-electron chi connectivity index (χ0n) is 13.7. The quantitative estimate of drug-likeness (QED) is 0.700. The Morgan fingerprint density at radius 1 is 1.24 bits per heavy atom. The number of benzene rings is 1. The van der Waals surface area contributed by atoms with Gasteiger partial charge in [-0.05, 0) is 24.3 Å². The molecule has 0 bridgehead atoms. The van der Waals surface area contributed by atoms with E-state index in [1.54, 1.807) is 6.20 Å². The van der Waals surface area contributed by atoms with E-state index in [4.69, 9.17) is 0 Å². The van der Waals surface area contributed by atoms with Gasteiger partial charge in [0.05, 0.1) is 4.90 Å². The van der Waals surface area contributed by atoms with Crippen LogP contribution >= 0.6 is 11.8 Å². The number of aromatic nitrogens is 2. The minimum absolute atomic E-state index is 0.0500. The first-order chi connectivity index (χ1) is 11.8. The van der Waals surface area contributed by atoms with Crippen LogP contribution in [0, 0.1) is 0 Å². The van der Waals surface area contributed by atoms with Gasteiger partial charge in [-0.3, -0.25) is 9.59 Å². The molecule has 25 heavy (non-hydrogen) atoms. The highest BCUT2D eigenvalue weighted by atomic mass is 32.2. The summed E-state index contributed by atoms with van der Waals surface area (Å²) in [5.74, 6) is -0.271. The van der Waals surface area contributed by atoms with Gasteiger partial charge in [0, 0.05) is 44.2 Å². The lowest BCUT2D eigenvalue weighted by Gasteiger charge is -2.08. The summed E-state index contributed by atoms with van der Waals surface area (Å²) in [5, 5.41) is 3.53. The van der Waals surface area contributed by atoms with Crippen molar-refractivity contribution in [3.05, 3.63) is 36.7 Å². The van der Waals surface area contributed by atoms with Crippen molar-refractivity contribution in [2.45, 2.75) is 23.4 Å². The number of nitrogens with one attached hydrogen (secondary N) is 2. The fourth-order valence-electron chi connectivity index (χ4n) is 1.92. The van der Waals surface area contributed by atoms with Crippen molar-refractivity contribution in [2.24, 2.45) is 7.05 Å². The van der Waals surface area contributed by atoms with Crippen LogP contribution in [0.25, 0.3) is 0 Å². The topological polar surface area (TPSA) is 110 Å². The fourth-order valence-corrected chi connectivity index (χ4v) is 3.78. The van der Waals surface area contributed by atoms with Crippen molar-refractivity contribution in [2.75, 3.05) is 11.1 Å². The van der Waals surface area contributed by atoms with E-state index < -0.39 is 15.9 Å². The van der Waals surface area contributed by atoms with E-state index in [0.29, 0.717) is 17.9 Å². The maximum atomic E-state index is 11.9. The lowest BCUT2D eigenvalue weighted by Crippen LogP contribution is -2.28. The molecule has 0 atom stereocenters. The fraction of sp³-hybridized carbons (Fsp3) is 0.267. The third-order valence-corrected chi connectivity index (χ3v) is 5.57. The van der Waals surface area contributed by atoms with Crippen LogP contribution in [0.1, 0.15) is 13.3 Å². The van der Waals surface area contributed by atoms with E-state index in [1.807, 2.05) is 22.5 Å². The molecule has 1 aromatic heterocycles. The van der Waals surface area contributed by atoms with E-state index >= 15 is 0 Å². The predicted molar refractivity (Wildman–Crippen MR) is 94.6 cm³/mol. The number of sulfonamides is 1. The van der Waals surface area contributed by atoms with Gasteiger partial charge in [0.2, 0.25) is 11.8 Å². The number of rotatable bonds is 7. The first kappa shape index (κ1) is 19.0. The third-order valence-electron chi connectivity index (χ3n) is 3.06. The van der Waals surface area contributed by atoms with Crippen LogP contribution in [-0.4, -0.2) is 35.5 Å². The van der Waals surface area contributed by atoms with Gasteiger partial charge in [0.25, 0.3) is 10.0 Å². The molecule has 0 saturated heterocycles. The Hall–Kier alpha value is -2.33. The van der Waals surface area contributed by atoms with Crippen molar-refractivity contribution in [3.63, 3.8) is 0 Å². The molecule has 0 saturated carbocycles. The number of hydrogen-bond acceptors (Lipinski definition) is 6. The molecule has 1 aromatic carbocycles. The van der Waals surface area contributed by atoms with Gasteiger partial charge in [-0.2, -0.15) is 0 Å². The highest BCUT2D eigenvalue weighted by molar-refractivity contribution is 7.99. The van der Waals surface area contributed by atoms with Crippen LogP contribution in [0.15, 0.2) is 46.7 Å². The second kappa shape index (κ2) is 8.17. The SMILES string of the molecule is CC(=O)NS(=O)(=O)c1ccc(NC(=O)CCSc2nccn2C)cc1. The van der Waals surface area contributed by atoms with Gasteiger partial charge in [0.15, 0.2) is 5.16 Å². The normalized spacial score (nSPS) is 11.1. The summed E-state index contributed by atoms with van der Waals surface area (Å²) in [6.07, 6.45) is 3.82. The Labute approximate surface area is 150 Å². The Kier molecular flexibility index (Phi) is 6.21. The lowest BCUT2D eigenvalue weighted by molar-refractivity contribution is -0.117. The molecular formula is C15H18N4O4S2. The summed E-state index contributed by atoms with van der Waals surface area (Å²) in [6.45, 7) is 1.12. The molecule has 0 fully saturated rings. The van der Waals surface area contributed by atoms with Crippen LogP contribution < -0.4 is 10.0 Å². The second-order valence-corrected chi connectivity index (χ2v) is 7.90. The minimum Gasteiger partial charge on any atom is -0.329 e. The lowest BCUT2D eigenvalue weighted by atomic mass is 10.3. The number of anilines is 1. The maximum absolute atomic E-state index is 11.9. The molecule has 0 unspecified atom stereocenters. The molecule has 0 aliphatic rings. The molecule has 2 aromatic rings. The molecule has 8 nitrogen and oxygen atoms in total. The highest BCUT2D eigenvalue weighted by Crippen LogP contribution is 2.17. The van der Waals surface area contributed by atoms with E-state index in [0.717, 1.165) is 12.1 Å². The van der Waals surface area contributed by atoms with Crippen molar-refractivity contribution in [1.82, 2.24) is 14.3 Å². The van der Waals surface area contributed by atoms with Gasteiger partial charge in [-0.1, -0.05) is 11.8 Å². The first-order valence-electron chi connectivity index (χ1n) is 7.31. The molecule has 2 N–H and O–H groups in total. The number of hydrogen-bond donors (Lipinski definition) is 2. The van der Waals surface area contributed by atoms with Gasteiger partial charge < -0.3 is 9.88 Å². The van der Waals surface area contributed by atoms with Crippen LogP contribution in [0.3, 0.4) is 0 Å². The Bertz CT molecular complexity index is 860. The van der Waals surface area contributed by atoms with Crippen molar-refractivity contribution >= 4 is 39.3 Å². The third kappa shape index (κ3) is 5.61. The van der Waals surface area contributed by atoms with E-state index in [2.05, 4.69) is 10.3 Å². The number of thioether (sulfide) groups is 1. The summed E-state index contributed by atoms with van der Waals surface area (Å²) in [6, 6.07) is 5.59. The molecule has 2 rings (SSSR count). The average molecular weight is 382 g/mol. The highest BCUT2D eigenvalue weighted by Gasteiger charge is 2.15. The average Bonchev–Trinajstić information content (AvgIpc) is 2.92. The van der Waals surface area contributed by atoms with Crippen molar-refractivity contribution < 1.29 is 18.0 Å². The summed E-state index contributed by atoms with van der Waals surface area (Å²) >= 11 is 1.48. The monoisotopic (exact) mass is 382 g/mol. The maximum Gasteiger partial charge on any atom is 0.264 e. The predicted octanol–water partition coefficient (Wildman–Crippen LogP) is 1.37.